The van der Waals surface area contributed by atoms with Crippen LogP contribution in [0.4, 0.5) is 0 Å². The predicted molar refractivity (Wildman–Crippen MR) is 50.4 cm³/mol. The minimum atomic E-state index is -0.805. The molecule has 0 aliphatic rings. The van der Waals surface area contributed by atoms with Gasteiger partial charge in [-0.25, -0.2) is 0 Å². The number of carbonyl (C=O) groups is 2. The molecule has 5 heteroatoms. The maximum absolute atomic E-state index is 11.1. The van der Waals surface area contributed by atoms with Crippen molar-refractivity contribution >= 4 is 11.7 Å². The molecule has 0 rings (SSSR count). The van der Waals surface area contributed by atoms with E-state index in [2.05, 4.69) is 5.18 Å². The second-order valence-corrected chi connectivity index (χ2v) is 2.64. The Kier molecular flexibility index (Phi) is 6.19. The molecule has 0 N–H and O–H groups in total. The van der Waals surface area contributed by atoms with E-state index < -0.39 is 5.91 Å². The monoisotopic (exact) mass is 199 g/mol. The summed E-state index contributed by atoms with van der Waals surface area (Å²) in [4.78, 5) is 31.2. The third-order valence-corrected chi connectivity index (χ3v) is 1.42. The van der Waals surface area contributed by atoms with Gasteiger partial charge in [0.2, 0.25) is 0 Å². The van der Waals surface area contributed by atoms with E-state index in [0.717, 1.165) is 0 Å². The van der Waals surface area contributed by atoms with Crippen molar-refractivity contribution in [1.29, 1.82) is 0 Å². The van der Waals surface area contributed by atoms with Crippen molar-refractivity contribution in [2.45, 2.75) is 26.7 Å². The first-order valence-electron chi connectivity index (χ1n) is 4.30. The van der Waals surface area contributed by atoms with Gasteiger partial charge in [-0.3, -0.25) is 9.59 Å². The molecule has 0 aromatic rings. The summed E-state index contributed by atoms with van der Waals surface area (Å²) >= 11 is 0. The van der Waals surface area contributed by atoms with Gasteiger partial charge in [-0.05, 0) is 13.8 Å². The number of hydrogen-bond donors (Lipinski definition) is 0. The highest BCUT2D eigenvalue weighted by Gasteiger charge is 2.05. The second kappa shape index (κ2) is 6.94. The van der Waals surface area contributed by atoms with Gasteiger partial charge in [-0.2, -0.15) is 0 Å². The van der Waals surface area contributed by atoms with E-state index in [1.54, 1.807) is 6.92 Å². The van der Waals surface area contributed by atoms with Crippen molar-refractivity contribution in [1.82, 2.24) is 0 Å². The molecule has 0 spiro atoms. The first-order chi connectivity index (χ1) is 6.60. The fourth-order valence-electron chi connectivity index (χ4n) is 0.844. The van der Waals surface area contributed by atoms with Crippen LogP contribution in [0.5, 0.6) is 0 Å². The standard InChI is InChI=1S/C9H13NO4/c1-3-14-7(2)6-8(11)4-5-9(12)10-13/h6H,3-5H2,1-2H3/b7-6-. The third kappa shape index (κ3) is 6.05. The highest BCUT2D eigenvalue weighted by atomic mass is 16.5. The van der Waals surface area contributed by atoms with Gasteiger partial charge in [0.15, 0.2) is 5.78 Å². The molecule has 14 heavy (non-hydrogen) atoms. The first-order valence-corrected chi connectivity index (χ1v) is 4.30. The maximum atomic E-state index is 11.1. The van der Waals surface area contributed by atoms with Crippen LogP contribution in [0.2, 0.25) is 0 Å². The van der Waals surface area contributed by atoms with E-state index in [1.165, 1.54) is 6.08 Å². The van der Waals surface area contributed by atoms with Crippen LogP contribution in [-0.4, -0.2) is 18.3 Å². The third-order valence-electron chi connectivity index (χ3n) is 1.42. The zero-order valence-corrected chi connectivity index (χ0v) is 8.28. The maximum Gasteiger partial charge on any atom is 0.286 e. The molecule has 0 heterocycles. The molecule has 0 aliphatic heterocycles. The van der Waals surface area contributed by atoms with Gasteiger partial charge in [0.1, 0.15) is 0 Å². The quantitative estimate of drug-likeness (QED) is 0.369. The fraction of sp³-hybridized carbons (Fsp3) is 0.556. The second-order valence-electron chi connectivity index (χ2n) is 2.64. The van der Waals surface area contributed by atoms with Crippen LogP contribution < -0.4 is 0 Å². The lowest BCUT2D eigenvalue weighted by Crippen LogP contribution is -2.00. The molecule has 0 unspecified atom stereocenters. The lowest BCUT2D eigenvalue weighted by molar-refractivity contribution is -0.121. The minimum Gasteiger partial charge on any atom is -0.498 e. The summed E-state index contributed by atoms with van der Waals surface area (Å²) in [6.07, 6.45) is 1.16. The molecular formula is C9H13NO4. The number of hydrogen-bond acceptors (Lipinski definition) is 4. The predicted octanol–water partition coefficient (Wildman–Crippen LogP) is 1.57. The Balaban J connectivity index is 3.91. The van der Waals surface area contributed by atoms with E-state index in [-0.39, 0.29) is 18.6 Å². The Morgan fingerprint density at radius 1 is 1.36 bits per heavy atom. The lowest BCUT2D eigenvalue weighted by Gasteiger charge is -2.00. The van der Waals surface area contributed by atoms with E-state index >= 15 is 0 Å². The van der Waals surface area contributed by atoms with E-state index in [4.69, 9.17) is 4.74 Å². The summed E-state index contributed by atoms with van der Waals surface area (Å²) in [5.41, 5.74) is 0. The summed E-state index contributed by atoms with van der Waals surface area (Å²) in [6, 6.07) is 0. The highest BCUT2D eigenvalue weighted by Crippen LogP contribution is 2.00. The van der Waals surface area contributed by atoms with Gasteiger partial charge < -0.3 is 4.74 Å². The largest absolute Gasteiger partial charge is 0.498 e. The zero-order valence-electron chi connectivity index (χ0n) is 8.28. The highest BCUT2D eigenvalue weighted by molar-refractivity contribution is 5.92. The molecule has 0 saturated carbocycles. The van der Waals surface area contributed by atoms with Crippen LogP contribution in [0.25, 0.3) is 0 Å². The molecule has 0 saturated heterocycles. The number of carbonyl (C=O) groups excluding carboxylic acids is 2. The Hall–Kier alpha value is -1.52. The molecule has 78 valence electrons. The molecular weight excluding hydrogens is 186 g/mol. The number of ketones is 1. The number of nitrogens with zero attached hydrogens (tertiary/aromatic N) is 1. The number of allylic oxidation sites excluding steroid dienone is 2. The van der Waals surface area contributed by atoms with Crippen LogP contribution in [0.3, 0.4) is 0 Å². The van der Waals surface area contributed by atoms with Gasteiger partial charge >= 0.3 is 0 Å². The van der Waals surface area contributed by atoms with Crippen LogP contribution in [0.1, 0.15) is 26.7 Å². The van der Waals surface area contributed by atoms with Crippen LogP contribution in [0, 0.1) is 4.91 Å². The van der Waals surface area contributed by atoms with Crippen molar-refractivity contribution in [2.75, 3.05) is 6.61 Å². The molecule has 0 radical (unpaired) electrons. The summed E-state index contributed by atoms with van der Waals surface area (Å²) < 4.78 is 5.02. The molecule has 0 atom stereocenters. The van der Waals surface area contributed by atoms with Crippen LogP contribution in [-0.2, 0) is 14.3 Å². The lowest BCUT2D eigenvalue weighted by atomic mass is 10.2. The van der Waals surface area contributed by atoms with Gasteiger partial charge in [0, 0.05) is 24.1 Å². The fourth-order valence-corrected chi connectivity index (χ4v) is 0.844. The molecule has 0 bridgehead atoms. The van der Waals surface area contributed by atoms with Crippen molar-refractivity contribution in [3.63, 3.8) is 0 Å². The molecule has 5 nitrogen and oxygen atoms in total. The Labute approximate surface area is 82.1 Å². The summed E-state index contributed by atoms with van der Waals surface area (Å²) in [6.45, 7) is 3.95. The number of rotatable bonds is 6. The topological polar surface area (TPSA) is 72.8 Å². The van der Waals surface area contributed by atoms with E-state index in [1.807, 2.05) is 6.92 Å². The Bertz CT molecular complexity index is 258. The van der Waals surface area contributed by atoms with Crippen LogP contribution in [0.15, 0.2) is 17.0 Å². The summed E-state index contributed by atoms with van der Waals surface area (Å²) in [5, 5.41) is 2.18. The van der Waals surface area contributed by atoms with Gasteiger partial charge in [0.25, 0.3) is 5.91 Å². The van der Waals surface area contributed by atoms with Crippen molar-refractivity contribution in [2.24, 2.45) is 5.18 Å². The number of amides is 1. The van der Waals surface area contributed by atoms with E-state index in [0.29, 0.717) is 12.4 Å². The van der Waals surface area contributed by atoms with Crippen LogP contribution >= 0.6 is 0 Å². The molecule has 0 fully saturated rings. The zero-order chi connectivity index (χ0) is 11.0. The average Bonchev–Trinajstić information content (AvgIpc) is 2.14. The molecule has 0 aliphatic carbocycles. The van der Waals surface area contributed by atoms with Crippen molar-refractivity contribution in [3.05, 3.63) is 16.7 Å². The minimum absolute atomic E-state index is 0.00497. The molecule has 1 amide bonds. The average molecular weight is 199 g/mol. The van der Waals surface area contributed by atoms with Gasteiger partial charge in [-0.1, -0.05) is 0 Å². The molecule has 0 aromatic carbocycles. The van der Waals surface area contributed by atoms with Crippen molar-refractivity contribution < 1.29 is 14.3 Å². The Morgan fingerprint density at radius 3 is 2.50 bits per heavy atom. The normalized spacial score (nSPS) is 10.9. The van der Waals surface area contributed by atoms with E-state index in [9.17, 15) is 14.5 Å². The number of nitroso groups, excluding NO2 is 1. The van der Waals surface area contributed by atoms with Gasteiger partial charge in [0.05, 0.1) is 12.4 Å². The summed E-state index contributed by atoms with van der Waals surface area (Å²) in [5.74, 6) is -0.544. The SMILES string of the molecule is CCO/C(C)=C\C(=O)CCC(=O)N=O. The molecule has 0 aromatic heterocycles. The Morgan fingerprint density at radius 2 is 2.00 bits per heavy atom. The first kappa shape index (κ1) is 12.5. The van der Waals surface area contributed by atoms with Gasteiger partial charge in [-0.15, -0.1) is 4.91 Å². The number of ether oxygens (including phenoxy) is 1. The smallest absolute Gasteiger partial charge is 0.286 e. The summed E-state index contributed by atoms with van der Waals surface area (Å²) in [7, 11) is 0. The van der Waals surface area contributed by atoms with Crippen molar-refractivity contribution in [3.8, 4) is 0 Å².